The Balaban J connectivity index is 2.18. The summed E-state index contributed by atoms with van der Waals surface area (Å²) in [6.07, 6.45) is 0. The van der Waals surface area contributed by atoms with E-state index in [0.717, 1.165) is 11.1 Å². The van der Waals surface area contributed by atoms with Gasteiger partial charge in [-0.15, -0.1) is 0 Å². The van der Waals surface area contributed by atoms with Crippen LogP contribution in [0, 0.1) is 10.1 Å². The highest BCUT2D eigenvalue weighted by Gasteiger charge is 2.17. The minimum atomic E-state index is -0.505. The van der Waals surface area contributed by atoms with Gasteiger partial charge in [-0.3, -0.25) is 10.1 Å². The molecule has 0 aromatic heterocycles. The van der Waals surface area contributed by atoms with Crippen molar-refractivity contribution in [3.63, 3.8) is 0 Å². The van der Waals surface area contributed by atoms with Gasteiger partial charge >= 0.3 is 5.69 Å². The first-order chi connectivity index (χ1) is 9.61. The van der Waals surface area contributed by atoms with Crippen LogP contribution in [0.2, 0.25) is 5.02 Å². The highest BCUT2D eigenvalue weighted by atomic mass is 35.5. The van der Waals surface area contributed by atoms with Gasteiger partial charge in [-0.2, -0.15) is 0 Å². The van der Waals surface area contributed by atoms with E-state index in [1.54, 1.807) is 12.1 Å². The van der Waals surface area contributed by atoms with Crippen LogP contribution < -0.4 is 5.32 Å². The second-order valence-electron chi connectivity index (χ2n) is 4.22. The third kappa shape index (κ3) is 3.26. The molecule has 0 fully saturated rings. The number of nitro benzene ring substituents is 1. The molecule has 6 heteroatoms. The number of halogens is 1. The van der Waals surface area contributed by atoms with Crippen LogP contribution in [0.4, 0.5) is 11.4 Å². The van der Waals surface area contributed by atoms with E-state index in [0.29, 0.717) is 12.2 Å². The number of hydrogen-bond acceptors (Lipinski definition) is 4. The van der Waals surface area contributed by atoms with E-state index in [1.807, 2.05) is 24.3 Å². The average molecular weight is 293 g/mol. The van der Waals surface area contributed by atoms with Gasteiger partial charge in [0.15, 0.2) is 0 Å². The minimum Gasteiger partial charge on any atom is -0.392 e. The molecule has 0 spiro atoms. The summed E-state index contributed by atoms with van der Waals surface area (Å²) < 4.78 is 0. The van der Waals surface area contributed by atoms with Crippen LogP contribution >= 0.6 is 11.6 Å². The van der Waals surface area contributed by atoms with Crippen LogP contribution in [0.25, 0.3) is 0 Å². The maximum Gasteiger partial charge on any atom is 0.310 e. The van der Waals surface area contributed by atoms with Crippen molar-refractivity contribution in [1.82, 2.24) is 0 Å². The number of nitrogens with zero attached hydrogens (tertiary/aromatic N) is 1. The van der Waals surface area contributed by atoms with Crippen molar-refractivity contribution >= 4 is 23.0 Å². The van der Waals surface area contributed by atoms with Gasteiger partial charge in [0, 0.05) is 6.54 Å². The van der Waals surface area contributed by atoms with Gasteiger partial charge in [-0.25, -0.2) is 0 Å². The van der Waals surface area contributed by atoms with Gasteiger partial charge in [0.25, 0.3) is 0 Å². The zero-order valence-electron chi connectivity index (χ0n) is 10.5. The van der Waals surface area contributed by atoms with E-state index >= 15 is 0 Å². The van der Waals surface area contributed by atoms with Crippen LogP contribution in [-0.2, 0) is 13.2 Å². The molecule has 0 saturated heterocycles. The van der Waals surface area contributed by atoms with E-state index in [-0.39, 0.29) is 17.3 Å². The van der Waals surface area contributed by atoms with Gasteiger partial charge in [0.1, 0.15) is 10.7 Å². The number of aliphatic hydroxyl groups is 1. The van der Waals surface area contributed by atoms with Crippen LogP contribution in [0.5, 0.6) is 0 Å². The Hall–Kier alpha value is -2.11. The standard InChI is InChI=1S/C14H13ClN2O3/c15-12-5-2-6-13(14(12)17(19)20)16-8-10-3-1-4-11(7-10)9-18/h1-7,16,18H,8-9H2. The normalized spacial score (nSPS) is 10.3. The van der Waals surface area contributed by atoms with E-state index in [1.165, 1.54) is 6.07 Å². The molecule has 0 amide bonds. The second kappa shape index (κ2) is 6.36. The molecule has 0 aliphatic carbocycles. The van der Waals surface area contributed by atoms with E-state index in [4.69, 9.17) is 16.7 Å². The lowest BCUT2D eigenvalue weighted by molar-refractivity contribution is -0.383. The topological polar surface area (TPSA) is 75.4 Å². The molecular formula is C14H13ClN2O3. The van der Waals surface area contributed by atoms with E-state index in [9.17, 15) is 10.1 Å². The smallest absolute Gasteiger partial charge is 0.310 e. The molecule has 104 valence electrons. The zero-order valence-corrected chi connectivity index (χ0v) is 11.3. The lowest BCUT2D eigenvalue weighted by Gasteiger charge is -2.08. The monoisotopic (exact) mass is 292 g/mol. The fourth-order valence-electron chi connectivity index (χ4n) is 1.88. The first kappa shape index (κ1) is 14.3. The fraction of sp³-hybridized carbons (Fsp3) is 0.143. The summed E-state index contributed by atoms with van der Waals surface area (Å²) in [5.74, 6) is 0. The quantitative estimate of drug-likeness (QED) is 0.654. The number of rotatable bonds is 5. The largest absolute Gasteiger partial charge is 0.392 e. The third-order valence-corrected chi connectivity index (χ3v) is 3.13. The van der Waals surface area contributed by atoms with Crippen molar-refractivity contribution < 1.29 is 10.0 Å². The maximum absolute atomic E-state index is 11.0. The predicted molar refractivity (Wildman–Crippen MR) is 77.8 cm³/mol. The molecule has 0 radical (unpaired) electrons. The fourth-order valence-corrected chi connectivity index (χ4v) is 2.12. The lowest BCUT2D eigenvalue weighted by atomic mass is 10.1. The average Bonchev–Trinajstić information content (AvgIpc) is 2.45. The Morgan fingerprint density at radius 2 is 1.90 bits per heavy atom. The van der Waals surface area contributed by atoms with E-state index in [2.05, 4.69) is 5.32 Å². The molecule has 0 saturated carbocycles. The predicted octanol–water partition coefficient (Wildman–Crippen LogP) is 3.35. The molecule has 5 nitrogen and oxygen atoms in total. The SMILES string of the molecule is O=[N+]([O-])c1c(Cl)cccc1NCc1cccc(CO)c1. The van der Waals surface area contributed by atoms with Gasteiger partial charge in [-0.1, -0.05) is 41.9 Å². The molecule has 0 unspecified atom stereocenters. The highest BCUT2D eigenvalue weighted by Crippen LogP contribution is 2.32. The Morgan fingerprint density at radius 3 is 2.60 bits per heavy atom. The highest BCUT2D eigenvalue weighted by molar-refractivity contribution is 6.33. The van der Waals surface area contributed by atoms with Crippen LogP contribution in [0.15, 0.2) is 42.5 Å². The van der Waals surface area contributed by atoms with Crippen molar-refractivity contribution in [1.29, 1.82) is 0 Å². The molecule has 2 aromatic rings. The van der Waals surface area contributed by atoms with Gasteiger partial charge < -0.3 is 10.4 Å². The van der Waals surface area contributed by atoms with Gasteiger partial charge in [0.2, 0.25) is 0 Å². The number of benzene rings is 2. The number of aliphatic hydroxyl groups excluding tert-OH is 1. The molecule has 2 rings (SSSR count). The Bertz CT molecular complexity index is 632. The summed E-state index contributed by atoms with van der Waals surface area (Å²) >= 11 is 5.84. The van der Waals surface area contributed by atoms with Gasteiger partial charge in [0.05, 0.1) is 11.5 Å². The van der Waals surface area contributed by atoms with Crippen molar-refractivity contribution in [3.05, 3.63) is 68.7 Å². The van der Waals surface area contributed by atoms with Crippen LogP contribution in [0.1, 0.15) is 11.1 Å². The third-order valence-electron chi connectivity index (χ3n) is 2.83. The molecule has 0 atom stereocenters. The zero-order chi connectivity index (χ0) is 14.5. The summed E-state index contributed by atoms with van der Waals surface area (Å²) in [4.78, 5) is 10.5. The number of hydrogen-bond donors (Lipinski definition) is 2. The second-order valence-corrected chi connectivity index (χ2v) is 4.63. The number of nitrogens with one attached hydrogen (secondary N) is 1. The first-order valence-electron chi connectivity index (χ1n) is 5.97. The van der Waals surface area contributed by atoms with Crippen LogP contribution in [-0.4, -0.2) is 10.0 Å². The first-order valence-corrected chi connectivity index (χ1v) is 6.35. The van der Waals surface area contributed by atoms with Crippen molar-refractivity contribution in [2.24, 2.45) is 0 Å². The Labute approximate surface area is 121 Å². The molecule has 2 N–H and O–H groups in total. The molecule has 0 bridgehead atoms. The van der Waals surface area contributed by atoms with Crippen LogP contribution in [0.3, 0.4) is 0 Å². The summed E-state index contributed by atoms with van der Waals surface area (Å²) in [5.41, 5.74) is 1.96. The van der Waals surface area contributed by atoms with Crippen molar-refractivity contribution in [3.8, 4) is 0 Å². The molecule has 0 aliphatic rings. The van der Waals surface area contributed by atoms with Crippen molar-refractivity contribution in [2.75, 3.05) is 5.32 Å². The lowest BCUT2D eigenvalue weighted by Crippen LogP contribution is -2.03. The summed E-state index contributed by atoms with van der Waals surface area (Å²) in [6.45, 7) is 0.375. The Morgan fingerprint density at radius 1 is 1.20 bits per heavy atom. The summed E-state index contributed by atoms with van der Waals surface area (Å²) in [6, 6.07) is 12.1. The number of para-hydroxylation sites is 1. The van der Waals surface area contributed by atoms with E-state index < -0.39 is 4.92 Å². The number of anilines is 1. The molecule has 20 heavy (non-hydrogen) atoms. The molecule has 0 heterocycles. The summed E-state index contributed by atoms with van der Waals surface area (Å²) in [7, 11) is 0. The van der Waals surface area contributed by atoms with Gasteiger partial charge in [-0.05, 0) is 23.3 Å². The Kier molecular flexibility index (Phi) is 4.55. The maximum atomic E-state index is 11.0. The van der Waals surface area contributed by atoms with Crippen molar-refractivity contribution in [2.45, 2.75) is 13.2 Å². The molecule has 0 aliphatic heterocycles. The minimum absolute atomic E-state index is 0.0366. The molecular weight excluding hydrogens is 280 g/mol. The molecule has 2 aromatic carbocycles. The number of nitro groups is 1. The summed E-state index contributed by atoms with van der Waals surface area (Å²) in [5, 5.41) is 23.2.